The molecule has 0 atom stereocenters. The molecule has 2 aromatic carbocycles. The maximum absolute atomic E-state index is 12.2. The number of hydrogen-bond acceptors (Lipinski definition) is 1. The van der Waals surface area contributed by atoms with E-state index < -0.39 is 0 Å². The average Bonchev–Trinajstić information content (AvgIpc) is 2.40. The summed E-state index contributed by atoms with van der Waals surface area (Å²) in [6.07, 6.45) is 0.398. The van der Waals surface area contributed by atoms with Crippen molar-refractivity contribution in [2.24, 2.45) is 0 Å². The summed E-state index contributed by atoms with van der Waals surface area (Å²) in [4.78, 5) is 12.2. The molecule has 0 aliphatic heterocycles. The van der Waals surface area contributed by atoms with E-state index in [4.69, 9.17) is 0 Å². The largest absolute Gasteiger partial charge is 0.289 e. The van der Waals surface area contributed by atoms with Crippen LogP contribution in [0.4, 0.5) is 0 Å². The van der Waals surface area contributed by atoms with E-state index in [-0.39, 0.29) is 12.4 Å². The van der Waals surface area contributed by atoms with E-state index in [2.05, 4.69) is 0 Å². The first-order valence-corrected chi connectivity index (χ1v) is 5.58. The molecule has 2 aromatic rings. The molecule has 0 saturated heterocycles. The summed E-state index contributed by atoms with van der Waals surface area (Å²) >= 11 is 0. The molecule has 0 heterocycles. The number of carbonyl (C=O) groups excluding carboxylic acids is 1. The van der Waals surface area contributed by atoms with Crippen molar-refractivity contribution in [1.82, 2.24) is 0 Å². The van der Waals surface area contributed by atoms with E-state index in [0.717, 1.165) is 5.56 Å². The number of carbonyl (C=O) groups is 1. The van der Waals surface area contributed by atoms with Crippen molar-refractivity contribution in [1.29, 1.82) is 0 Å². The fourth-order valence-corrected chi connectivity index (χ4v) is 1.81. The van der Waals surface area contributed by atoms with E-state index in [1.807, 2.05) is 36.4 Å². The topological polar surface area (TPSA) is 37.0 Å². The summed E-state index contributed by atoms with van der Waals surface area (Å²) in [5.41, 5.74) is 2.12. The molecule has 0 bridgehead atoms. The Morgan fingerprint density at radius 2 is 1.53 bits per heavy atom. The zero-order chi connectivity index (χ0) is 12.1. The van der Waals surface area contributed by atoms with Crippen LogP contribution in [-0.2, 0) is 11.5 Å². The van der Waals surface area contributed by atoms with Gasteiger partial charge in [0, 0.05) is 11.1 Å². The van der Waals surface area contributed by atoms with E-state index in [1.54, 1.807) is 18.2 Å². The molecule has 2 nitrogen and oxygen atoms in total. The molecule has 0 N–H and O–H groups in total. The molecule has 0 amide bonds. The van der Waals surface area contributed by atoms with Crippen molar-refractivity contribution in [2.75, 3.05) is 6.61 Å². The standard InChI is InChI=1S/C15H13O2/c16-11-10-12-6-4-5-9-14(12)15(17)13-7-2-1-3-8-13/h1-9H,10-11H2. The van der Waals surface area contributed by atoms with Crippen molar-refractivity contribution in [3.8, 4) is 0 Å². The average molecular weight is 225 g/mol. The Morgan fingerprint density at radius 3 is 2.24 bits per heavy atom. The molecule has 17 heavy (non-hydrogen) atoms. The molecule has 0 aliphatic carbocycles. The van der Waals surface area contributed by atoms with Crippen LogP contribution in [0.3, 0.4) is 0 Å². The fourth-order valence-electron chi connectivity index (χ4n) is 1.81. The first-order valence-electron chi connectivity index (χ1n) is 5.58. The van der Waals surface area contributed by atoms with Crippen molar-refractivity contribution in [3.05, 3.63) is 71.3 Å². The third-order valence-corrected chi connectivity index (χ3v) is 2.67. The summed E-state index contributed by atoms with van der Waals surface area (Å²) in [5, 5.41) is 10.7. The van der Waals surface area contributed by atoms with Crippen molar-refractivity contribution >= 4 is 5.78 Å². The minimum atomic E-state index is -0.195. The minimum Gasteiger partial charge on any atom is -0.289 e. The molecule has 2 heteroatoms. The zero-order valence-corrected chi connectivity index (χ0v) is 9.43. The Labute approximate surface area is 101 Å². The van der Waals surface area contributed by atoms with Gasteiger partial charge >= 0.3 is 0 Å². The summed E-state index contributed by atoms with van der Waals surface area (Å²) < 4.78 is 0. The van der Waals surface area contributed by atoms with Gasteiger partial charge in [0.1, 0.15) is 0 Å². The van der Waals surface area contributed by atoms with Gasteiger partial charge in [-0.1, -0.05) is 54.6 Å². The predicted octanol–water partition coefficient (Wildman–Crippen LogP) is 2.89. The van der Waals surface area contributed by atoms with E-state index in [1.165, 1.54) is 0 Å². The molecule has 0 spiro atoms. The molecule has 0 unspecified atom stereocenters. The van der Waals surface area contributed by atoms with Gasteiger partial charge in [-0.15, -0.1) is 0 Å². The number of benzene rings is 2. The van der Waals surface area contributed by atoms with Crippen molar-refractivity contribution in [3.63, 3.8) is 0 Å². The number of rotatable bonds is 4. The third-order valence-electron chi connectivity index (χ3n) is 2.67. The highest BCUT2D eigenvalue weighted by molar-refractivity contribution is 6.09. The number of hydrogen-bond donors (Lipinski definition) is 0. The van der Waals surface area contributed by atoms with E-state index in [0.29, 0.717) is 17.5 Å². The Morgan fingerprint density at radius 1 is 0.882 bits per heavy atom. The van der Waals surface area contributed by atoms with Gasteiger partial charge in [0.05, 0.1) is 6.61 Å². The summed E-state index contributed by atoms with van der Waals surface area (Å²) in [6.45, 7) is -0.195. The monoisotopic (exact) mass is 225 g/mol. The van der Waals surface area contributed by atoms with Crippen LogP contribution >= 0.6 is 0 Å². The van der Waals surface area contributed by atoms with Crippen LogP contribution in [0.5, 0.6) is 0 Å². The van der Waals surface area contributed by atoms with Gasteiger partial charge in [-0.05, 0) is 12.0 Å². The highest BCUT2D eigenvalue weighted by Crippen LogP contribution is 2.15. The summed E-state index contributed by atoms with van der Waals surface area (Å²) in [6, 6.07) is 16.4. The lowest BCUT2D eigenvalue weighted by molar-refractivity contribution is 0.103. The van der Waals surface area contributed by atoms with Crippen LogP contribution in [0.15, 0.2) is 54.6 Å². The van der Waals surface area contributed by atoms with Gasteiger partial charge in [-0.2, -0.15) is 0 Å². The van der Waals surface area contributed by atoms with Crippen molar-refractivity contribution < 1.29 is 9.90 Å². The van der Waals surface area contributed by atoms with Gasteiger partial charge in [-0.3, -0.25) is 4.79 Å². The second-order valence-corrected chi connectivity index (χ2v) is 3.81. The van der Waals surface area contributed by atoms with Crippen LogP contribution in [0.2, 0.25) is 0 Å². The van der Waals surface area contributed by atoms with Gasteiger partial charge in [0.2, 0.25) is 0 Å². The molecule has 0 aromatic heterocycles. The maximum atomic E-state index is 12.2. The smallest absolute Gasteiger partial charge is 0.193 e. The van der Waals surface area contributed by atoms with Gasteiger partial charge in [0.25, 0.3) is 0 Å². The first-order chi connectivity index (χ1) is 8.33. The lowest BCUT2D eigenvalue weighted by Crippen LogP contribution is -2.06. The van der Waals surface area contributed by atoms with Crippen LogP contribution in [-0.4, -0.2) is 12.4 Å². The predicted molar refractivity (Wildman–Crippen MR) is 65.6 cm³/mol. The quantitative estimate of drug-likeness (QED) is 0.737. The van der Waals surface area contributed by atoms with Crippen LogP contribution in [0, 0.1) is 0 Å². The molecule has 1 radical (unpaired) electrons. The number of ketones is 1. The third kappa shape index (κ3) is 2.60. The molecule has 0 saturated carbocycles. The molecular weight excluding hydrogens is 212 g/mol. The zero-order valence-electron chi connectivity index (χ0n) is 9.43. The van der Waals surface area contributed by atoms with Crippen LogP contribution < -0.4 is 0 Å². The lowest BCUT2D eigenvalue weighted by atomic mass is 9.97. The molecule has 0 aliphatic rings. The summed E-state index contributed by atoms with van der Waals surface area (Å²) in [5.74, 6) is -0.0188. The van der Waals surface area contributed by atoms with Crippen LogP contribution in [0.1, 0.15) is 21.5 Å². The highest BCUT2D eigenvalue weighted by atomic mass is 16.3. The minimum absolute atomic E-state index is 0.0188. The Balaban J connectivity index is 2.37. The van der Waals surface area contributed by atoms with Crippen LogP contribution in [0.25, 0.3) is 0 Å². The Bertz CT molecular complexity index is 503. The molecular formula is C15H13O2. The highest BCUT2D eigenvalue weighted by Gasteiger charge is 2.12. The van der Waals surface area contributed by atoms with E-state index >= 15 is 0 Å². The lowest BCUT2D eigenvalue weighted by Gasteiger charge is -2.06. The second-order valence-electron chi connectivity index (χ2n) is 3.81. The normalized spacial score (nSPS) is 10.2. The molecule has 0 fully saturated rings. The van der Waals surface area contributed by atoms with Gasteiger partial charge in [-0.25, -0.2) is 5.11 Å². The van der Waals surface area contributed by atoms with Gasteiger partial charge in [0.15, 0.2) is 5.78 Å². The Hall–Kier alpha value is -1.93. The molecule has 85 valence electrons. The molecule has 2 rings (SSSR count). The SMILES string of the molecule is [O]CCc1ccccc1C(=O)c1ccccc1. The van der Waals surface area contributed by atoms with E-state index in [9.17, 15) is 9.90 Å². The summed E-state index contributed by atoms with van der Waals surface area (Å²) in [7, 11) is 0. The van der Waals surface area contributed by atoms with Crippen molar-refractivity contribution in [2.45, 2.75) is 6.42 Å². The first kappa shape index (κ1) is 11.6. The Kier molecular flexibility index (Phi) is 3.68. The fraction of sp³-hybridized carbons (Fsp3) is 0.133. The second kappa shape index (κ2) is 5.41. The van der Waals surface area contributed by atoms with Gasteiger partial charge < -0.3 is 0 Å². The maximum Gasteiger partial charge on any atom is 0.193 e.